The topological polar surface area (TPSA) is 0 Å². The highest BCUT2D eigenvalue weighted by Crippen LogP contribution is 2.33. The maximum absolute atomic E-state index is 13.6. The predicted octanol–water partition coefficient (Wildman–Crippen LogP) is 5.15. The van der Waals surface area contributed by atoms with Crippen molar-refractivity contribution in [2.24, 2.45) is 5.92 Å². The summed E-state index contributed by atoms with van der Waals surface area (Å²) in [6.07, 6.45) is 1.92. The van der Waals surface area contributed by atoms with Crippen molar-refractivity contribution in [1.29, 1.82) is 0 Å². The fourth-order valence-electron chi connectivity index (χ4n) is 1.57. The highest BCUT2D eigenvalue weighted by molar-refractivity contribution is 9.09. The predicted molar refractivity (Wildman–Crippen MR) is 66.8 cm³/mol. The van der Waals surface area contributed by atoms with Gasteiger partial charge in [0.15, 0.2) is 0 Å². The maximum atomic E-state index is 13.6. The second-order valence-electron chi connectivity index (χ2n) is 4.34. The lowest BCUT2D eigenvalue weighted by Crippen LogP contribution is -2.02. The number of alkyl halides is 1. The molecule has 0 nitrogen and oxygen atoms in total. The third-order valence-corrected chi connectivity index (χ3v) is 3.79. The lowest BCUT2D eigenvalue weighted by molar-refractivity contribution is 0.500. The van der Waals surface area contributed by atoms with Crippen molar-refractivity contribution in [2.75, 3.05) is 0 Å². The molecular weight excluding hydrogens is 274 g/mol. The minimum absolute atomic E-state index is 0.0400. The summed E-state index contributed by atoms with van der Waals surface area (Å²) in [5.41, 5.74) is 1.05. The number of halogens is 3. The standard InChI is InChI=1S/C13H17BrF2/c1-4-8(2)5-11(14)10-6-9(3)12(15)7-13(10)16/h6-8,11H,4-5H2,1-3H3. The number of aryl methyl sites for hydroxylation is 1. The summed E-state index contributed by atoms with van der Waals surface area (Å²) in [6.45, 7) is 5.89. The molecule has 0 spiro atoms. The van der Waals surface area contributed by atoms with Gasteiger partial charge in [-0.2, -0.15) is 0 Å². The Balaban J connectivity index is 2.91. The third-order valence-electron chi connectivity index (χ3n) is 2.92. The van der Waals surface area contributed by atoms with Crippen LogP contribution in [0.15, 0.2) is 12.1 Å². The van der Waals surface area contributed by atoms with Gasteiger partial charge in [-0.05, 0) is 30.9 Å². The average molecular weight is 291 g/mol. The molecule has 90 valence electrons. The molecule has 0 amide bonds. The van der Waals surface area contributed by atoms with Gasteiger partial charge in [-0.1, -0.05) is 36.2 Å². The smallest absolute Gasteiger partial charge is 0.130 e. The Kier molecular flexibility index (Phi) is 4.90. The molecule has 0 saturated heterocycles. The summed E-state index contributed by atoms with van der Waals surface area (Å²) in [5.74, 6) is -0.424. The molecule has 1 rings (SSSR count). The second kappa shape index (κ2) is 5.76. The highest BCUT2D eigenvalue weighted by Gasteiger charge is 2.17. The van der Waals surface area contributed by atoms with Gasteiger partial charge in [0, 0.05) is 16.5 Å². The van der Waals surface area contributed by atoms with Gasteiger partial charge in [-0.25, -0.2) is 8.78 Å². The SMILES string of the molecule is CCC(C)CC(Br)c1cc(C)c(F)cc1F. The van der Waals surface area contributed by atoms with Crippen molar-refractivity contribution in [1.82, 2.24) is 0 Å². The molecule has 3 heteroatoms. The summed E-state index contributed by atoms with van der Waals surface area (Å²) < 4.78 is 26.7. The fourth-order valence-corrected chi connectivity index (χ4v) is 2.56. The Hall–Kier alpha value is -0.440. The van der Waals surface area contributed by atoms with Crippen LogP contribution >= 0.6 is 15.9 Å². The largest absolute Gasteiger partial charge is 0.207 e. The Morgan fingerprint density at radius 3 is 2.44 bits per heavy atom. The summed E-state index contributed by atoms with van der Waals surface area (Å²) in [5, 5.41) is 0. The van der Waals surface area contributed by atoms with Crippen molar-refractivity contribution in [3.05, 3.63) is 34.9 Å². The molecule has 0 fully saturated rings. The zero-order valence-electron chi connectivity index (χ0n) is 9.86. The Morgan fingerprint density at radius 1 is 1.25 bits per heavy atom. The lowest BCUT2D eigenvalue weighted by atomic mass is 9.97. The second-order valence-corrected chi connectivity index (χ2v) is 5.44. The molecule has 0 N–H and O–H groups in total. The first-order valence-electron chi connectivity index (χ1n) is 5.55. The summed E-state index contributed by atoms with van der Waals surface area (Å²) in [7, 11) is 0. The van der Waals surface area contributed by atoms with Crippen molar-refractivity contribution in [2.45, 2.75) is 38.4 Å². The van der Waals surface area contributed by atoms with Crippen LogP contribution in [-0.2, 0) is 0 Å². The molecule has 16 heavy (non-hydrogen) atoms. The van der Waals surface area contributed by atoms with E-state index in [-0.39, 0.29) is 4.83 Å². The van der Waals surface area contributed by atoms with E-state index in [0.717, 1.165) is 18.9 Å². The normalized spacial score (nSPS) is 14.9. The number of hydrogen-bond acceptors (Lipinski definition) is 0. The summed E-state index contributed by atoms with van der Waals surface area (Å²) in [6, 6.07) is 2.56. The zero-order chi connectivity index (χ0) is 12.3. The molecule has 0 aromatic heterocycles. The number of benzene rings is 1. The molecule has 0 heterocycles. The van der Waals surface area contributed by atoms with Gasteiger partial charge in [0.2, 0.25) is 0 Å². The lowest BCUT2D eigenvalue weighted by Gasteiger charge is -2.16. The molecule has 0 aliphatic heterocycles. The summed E-state index contributed by atoms with van der Waals surface area (Å²) in [4.78, 5) is -0.0400. The van der Waals surface area contributed by atoms with Crippen LogP contribution in [0.1, 0.15) is 42.6 Å². The molecule has 0 aliphatic carbocycles. The molecule has 1 aromatic rings. The Morgan fingerprint density at radius 2 is 1.88 bits per heavy atom. The van der Waals surface area contributed by atoms with E-state index in [1.165, 1.54) is 0 Å². The Bertz CT molecular complexity index is 363. The van der Waals surface area contributed by atoms with E-state index in [1.54, 1.807) is 13.0 Å². The maximum Gasteiger partial charge on any atom is 0.130 e. The van der Waals surface area contributed by atoms with Gasteiger partial charge in [-0.3, -0.25) is 0 Å². The first kappa shape index (κ1) is 13.6. The molecule has 1 aromatic carbocycles. The van der Waals surface area contributed by atoms with Crippen LogP contribution in [0.2, 0.25) is 0 Å². The van der Waals surface area contributed by atoms with Crippen LogP contribution in [0.3, 0.4) is 0 Å². The van der Waals surface area contributed by atoms with Crippen molar-refractivity contribution < 1.29 is 8.78 Å². The number of hydrogen-bond donors (Lipinski definition) is 0. The van der Waals surface area contributed by atoms with Crippen LogP contribution < -0.4 is 0 Å². The molecule has 0 radical (unpaired) electrons. The first-order chi connectivity index (χ1) is 7.45. The van der Waals surface area contributed by atoms with E-state index in [9.17, 15) is 8.78 Å². The van der Waals surface area contributed by atoms with Crippen LogP contribution in [0, 0.1) is 24.5 Å². The molecule has 2 atom stereocenters. The highest BCUT2D eigenvalue weighted by atomic mass is 79.9. The van der Waals surface area contributed by atoms with Crippen LogP contribution in [-0.4, -0.2) is 0 Å². The minimum atomic E-state index is -0.482. The Labute approximate surface area is 104 Å². The molecule has 0 bridgehead atoms. The van der Waals surface area contributed by atoms with E-state index in [1.807, 2.05) is 0 Å². The fraction of sp³-hybridized carbons (Fsp3) is 0.538. The van der Waals surface area contributed by atoms with Crippen molar-refractivity contribution in [3.8, 4) is 0 Å². The average Bonchev–Trinajstić information content (AvgIpc) is 2.23. The molecule has 2 unspecified atom stereocenters. The van der Waals surface area contributed by atoms with Gasteiger partial charge >= 0.3 is 0 Å². The van der Waals surface area contributed by atoms with E-state index in [0.29, 0.717) is 17.0 Å². The van der Waals surface area contributed by atoms with Crippen molar-refractivity contribution in [3.63, 3.8) is 0 Å². The molecular formula is C13H17BrF2. The van der Waals surface area contributed by atoms with Gasteiger partial charge in [0.25, 0.3) is 0 Å². The van der Waals surface area contributed by atoms with E-state index < -0.39 is 11.6 Å². The van der Waals surface area contributed by atoms with Gasteiger partial charge in [0.05, 0.1) is 0 Å². The monoisotopic (exact) mass is 290 g/mol. The van der Waals surface area contributed by atoms with Crippen LogP contribution in [0.25, 0.3) is 0 Å². The molecule has 0 aliphatic rings. The van der Waals surface area contributed by atoms with E-state index in [4.69, 9.17) is 0 Å². The van der Waals surface area contributed by atoms with Crippen molar-refractivity contribution >= 4 is 15.9 Å². The van der Waals surface area contributed by atoms with E-state index >= 15 is 0 Å². The number of rotatable bonds is 4. The third kappa shape index (κ3) is 3.27. The van der Waals surface area contributed by atoms with Crippen LogP contribution in [0.5, 0.6) is 0 Å². The minimum Gasteiger partial charge on any atom is -0.207 e. The zero-order valence-corrected chi connectivity index (χ0v) is 11.4. The van der Waals surface area contributed by atoms with Gasteiger partial charge in [-0.15, -0.1) is 0 Å². The first-order valence-corrected chi connectivity index (χ1v) is 6.46. The van der Waals surface area contributed by atoms with Gasteiger partial charge < -0.3 is 0 Å². The summed E-state index contributed by atoms with van der Waals surface area (Å²) >= 11 is 3.47. The van der Waals surface area contributed by atoms with Gasteiger partial charge in [0.1, 0.15) is 11.6 Å². The van der Waals surface area contributed by atoms with Crippen LogP contribution in [0.4, 0.5) is 8.78 Å². The van der Waals surface area contributed by atoms with E-state index in [2.05, 4.69) is 29.8 Å². The molecule has 0 saturated carbocycles. The quantitative estimate of drug-likeness (QED) is 0.673.